The zero-order chi connectivity index (χ0) is 18.5. The number of likely N-dealkylation sites (N-methyl/N-ethyl adjacent to an activating group) is 1. The quantitative estimate of drug-likeness (QED) is 0.797. The first-order valence-electron chi connectivity index (χ1n) is 9.04. The maximum Gasteiger partial charge on any atom is 0.244 e. The molecule has 0 spiro atoms. The van der Waals surface area contributed by atoms with Crippen LogP contribution in [0.1, 0.15) is 22.7 Å². The Morgan fingerprint density at radius 1 is 1.11 bits per heavy atom. The predicted molar refractivity (Wildman–Crippen MR) is 119 cm³/mol. The summed E-state index contributed by atoms with van der Waals surface area (Å²) in [6, 6.07) is 15.4. The van der Waals surface area contributed by atoms with Gasteiger partial charge in [-0.2, -0.15) is 0 Å². The monoisotopic (exact) mass is 425 g/mol. The number of halogens is 2. The first kappa shape index (κ1) is 24.2. The Morgan fingerprint density at radius 3 is 2.36 bits per heavy atom. The summed E-state index contributed by atoms with van der Waals surface area (Å²) >= 11 is 0. The van der Waals surface area contributed by atoms with Crippen LogP contribution >= 0.6 is 24.8 Å². The summed E-state index contributed by atoms with van der Waals surface area (Å²) in [5.74, 6) is -0.0781. The van der Waals surface area contributed by atoms with E-state index in [1.165, 1.54) is 5.69 Å². The van der Waals surface area contributed by atoms with Crippen molar-refractivity contribution in [1.29, 1.82) is 0 Å². The van der Waals surface area contributed by atoms with Crippen molar-refractivity contribution in [3.8, 4) is 0 Å². The number of anilines is 1. The van der Waals surface area contributed by atoms with E-state index in [2.05, 4.69) is 17.0 Å². The van der Waals surface area contributed by atoms with E-state index in [1.54, 1.807) is 4.90 Å². The van der Waals surface area contributed by atoms with E-state index < -0.39 is 6.04 Å². The normalized spacial score (nSPS) is 14.5. The van der Waals surface area contributed by atoms with E-state index in [-0.39, 0.29) is 30.7 Å². The van der Waals surface area contributed by atoms with Gasteiger partial charge in [0.2, 0.25) is 5.91 Å². The zero-order valence-corrected chi connectivity index (χ0v) is 18.0. The second-order valence-electron chi connectivity index (χ2n) is 6.81. The van der Waals surface area contributed by atoms with E-state index in [9.17, 15) is 4.79 Å². The number of carbonyl (C=O) groups is 1. The van der Waals surface area contributed by atoms with Crippen LogP contribution < -0.4 is 10.6 Å². The number of para-hydroxylation sites is 1. The van der Waals surface area contributed by atoms with Gasteiger partial charge in [-0.3, -0.25) is 4.79 Å². The highest BCUT2D eigenvalue weighted by Crippen LogP contribution is 2.23. The molecule has 1 aliphatic rings. The average Bonchev–Trinajstić information content (AvgIpc) is 2.68. The number of ether oxygens (including phenoxy) is 1. The van der Waals surface area contributed by atoms with Crippen LogP contribution in [0.2, 0.25) is 0 Å². The van der Waals surface area contributed by atoms with Gasteiger partial charge in [0.25, 0.3) is 0 Å². The molecule has 1 heterocycles. The van der Waals surface area contributed by atoms with Gasteiger partial charge in [0.15, 0.2) is 0 Å². The lowest BCUT2D eigenvalue weighted by molar-refractivity contribution is -0.131. The molecule has 0 aliphatic carbocycles. The highest BCUT2D eigenvalue weighted by atomic mass is 35.5. The second-order valence-corrected chi connectivity index (χ2v) is 6.81. The lowest BCUT2D eigenvalue weighted by atomic mass is 10.0. The highest BCUT2D eigenvalue weighted by Gasteiger charge is 2.22. The SMILES string of the molecule is Cc1ccc(C(N)C(=O)N(C)Cc2ccccc2N2CCOCC2)cc1.Cl.Cl. The van der Waals surface area contributed by atoms with E-state index in [1.807, 2.05) is 50.4 Å². The molecule has 2 aromatic carbocycles. The molecule has 5 nitrogen and oxygen atoms in total. The van der Waals surface area contributed by atoms with Crippen LogP contribution in [0, 0.1) is 6.92 Å². The van der Waals surface area contributed by atoms with Crippen LogP contribution in [0.3, 0.4) is 0 Å². The first-order valence-corrected chi connectivity index (χ1v) is 9.04. The average molecular weight is 426 g/mol. The van der Waals surface area contributed by atoms with Crippen molar-refractivity contribution < 1.29 is 9.53 Å². The molecular formula is C21H29Cl2N3O2. The molecule has 1 amide bonds. The van der Waals surface area contributed by atoms with Crippen molar-refractivity contribution >= 4 is 36.4 Å². The van der Waals surface area contributed by atoms with E-state index in [4.69, 9.17) is 10.5 Å². The van der Waals surface area contributed by atoms with Gasteiger partial charge < -0.3 is 20.3 Å². The number of nitrogens with zero attached hydrogens (tertiary/aromatic N) is 2. The van der Waals surface area contributed by atoms with E-state index in [0.29, 0.717) is 6.54 Å². The summed E-state index contributed by atoms with van der Waals surface area (Å²) in [6.07, 6.45) is 0. The Morgan fingerprint density at radius 2 is 1.71 bits per heavy atom. The van der Waals surface area contributed by atoms with Crippen LogP contribution in [0.4, 0.5) is 5.69 Å². The fourth-order valence-electron chi connectivity index (χ4n) is 3.24. The molecule has 2 N–H and O–H groups in total. The van der Waals surface area contributed by atoms with Gasteiger partial charge in [-0.15, -0.1) is 24.8 Å². The number of hydrogen-bond acceptors (Lipinski definition) is 4. The topological polar surface area (TPSA) is 58.8 Å². The molecule has 7 heteroatoms. The van der Waals surface area contributed by atoms with Crippen molar-refractivity contribution in [3.63, 3.8) is 0 Å². The van der Waals surface area contributed by atoms with Crippen LogP contribution in [0.5, 0.6) is 0 Å². The molecule has 0 radical (unpaired) electrons. The van der Waals surface area contributed by atoms with Crippen LogP contribution in [0.25, 0.3) is 0 Å². The van der Waals surface area contributed by atoms with Crippen LogP contribution in [-0.2, 0) is 16.1 Å². The van der Waals surface area contributed by atoms with E-state index >= 15 is 0 Å². The third kappa shape index (κ3) is 5.85. The fourth-order valence-corrected chi connectivity index (χ4v) is 3.24. The minimum absolute atomic E-state index is 0. The number of aryl methyl sites for hydroxylation is 1. The summed E-state index contributed by atoms with van der Waals surface area (Å²) in [6.45, 7) is 5.77. The Labute approximate surface area is 179 Å². The standard InChI is InChI=1S/C21H27N3O2.2ClH/c1-16-7-9-17(10-8-16)20(22)21(25)23(2)15-18-5-3-4-6-19(18)24-11-13-26-14-12-24;;/h3-10,20H,11-15,22H2,1-2H3;2*1H. The third-order valence-electron chi connectivity index (χ3n) is 4.83. The largest absolute Gasteiger partial charge is 0.378 e. The van der Waals surface area contributed by atoms with Crippen molar-refractivity contribution in [2.75, 3.05) is 38.3 Å². The molecular weight excluding hydrogens is 397 g/mol. The fraction of sp³-hybridized carbons (Fsp3) is 0.381. The molecule has 3 rings (SSSR count). The van der Waals surface area contributed by atoms with Crippen molar-refractivity contribution in [2.24, 2.45) is 5.73 Å². The van der Waals surface area contributed by atoms with Gasteiger partial charge in [0, 0.05) is 32.4 Å². The summed E-state index contributed by atoms with van der Waals surface area (Å²) in [5.41, 5.74) is 10.5. The van der Waals surface area contributed by atoms with Gasteiger partial charge in [-0.25, -0.2) is 0 Å². The number of hydrogen-bond donors (Lipinski definition) is 1. The molecule has 1 unspecified atom stereocenters. The molecule has 1 saturated heterocycles. The second kappa shape index (κ2) is 11.3. The van der Waals surface area contributed by atoms with Crippen molar-refractivity contribution in [3.05, 3.63) is 65.2 Å². The summed E-state index contributed by atoms with van der Waals surface area (Å²) < 4.78 is 5.45. The first-order chi connectivity index (χ1) is 12.6. The lowest BCUT2D eigenvalue weighted by Crippen LogP contribution is -2.38. The lowest BCUT2D eigenvalue weighted by Gasteiger charge is -2.31. The summed E-state index contributed by atoms with van der Waals surface area (Å²) in [5, 5.41) is 0. The number of rotatable bonds is 5. The molecule has 154 valence electrons. The molecule has 0 bridgehead atoms. The molecule has 0 aromatic heterocycles. The highest BCUT2D eigenvalue weighted by molar-refractivity contribution is 5.85. The minimum Gasteiger partial charge on any atom is -0.378 e. The number of nitrogens with two attached hydrogens (primary N) is 1. The Bertz CT molecular complexity index is 750. The Kier molecular flexibility index (Phi) is 9.76. The van der Waals surface area contributed by atoms with Gasteiger partial charge in [-0.1, -0.05) is 48.0 Å². The predicted octanol–water partition coefficient (Wildman–Crippen LogP) is 3.33. The third-order valence-corrected chi connectivity index (χ3v) is 4.83. The molecule has 1 atom stereocenters. The number of carbonyl (C=O) groups excluding carboxylic acids is 1. The van der Waals surface area contributed by atoms with Crippen LogP contribution in [-0.4, -0.2) is 44.2 Å². The smallest absolute Gasteiger partial charge is 0.244 e. The molecule has 1 fully saturated rings. The minimum atomic E-state index is -0.642. The number of amides is 1. The van der Waals surface area contributed by atoms with E-state index in [0.717, 1.165) is 43.0 Å². The Balaban J connectivity index is 0.00000196. The Hall–Kier alpha value is -1.79. The van der Waals surface area contributed by atoms with Gasteiger partial charge in [0.1, 0.15) is 6.04 Å². The van der Waals surface area contributed by atoms with Crippen LogP contribution in [0.15, 0.2) is 48.5 Å². The molecule has 0 saturated carbocycles. The van der Waals surface area contributed by atoms with Crippen molar-refractivity contribution in [1.82, 2.24) is 4.90 Å². The zero-order valence-electron chi connectivity index (χ0n) is 16.3. The maximum absolute atomic E-state index is 12.8. The maximum atomic E-state index is 12.8. The van der Waals surface area contributed by atoms with Gasteiger partial charge in [0.05, 0.1) is 13.2 Å². The number of morpholine rings is 1. The van der Waals surface area contributed by atoms with Gasteiger partial charge in [-0.05, 0) is 24.1 Å². The molecule has 28 heavy (non-hydrogen) atoms. The summed E-state index contributed by atoms with van der Waals surface area (Å²) in [7, 11) is 1.81. The molecule has 1 aliphatic heterocycles. The number of benzene rings is 2. The summed E-state index contributed by atoms with van der Waals surface area (Å²) in [4.78, 5) is 16.8. The van der Waals surface area contributed by atoms with Crippen molar-refractivity contribution in [2.45, 2.75) is 19.5 Å². The molecule has 2 aromatic rings. The van der Waals surface area contributed by atoms with Gasteiger partial charge >= 0.3 is 0 Å².